The van der Waals surface area contributed by atoms with Crippen LogP contribution in [0.25, 0.3) is 0 Å². The molecule has 0 spiro atoms. The summed E-state index contributed by atoms with van der Waals surface area (Å²) >= 11 is 0. The second-order valence-electron chi connectivity index (χ2n) is 5.12. The first-order chi connectivity index (χ1) is 6.86. The minimum absolute atomic E-state index is 0.373. The van der Waals surface area contributed by atoms with Gasteiger partial charge in [0, 0.05) is 11.8 Å². The highest BCUT2D eigenvalue weighted by Gasteiger charge is 2.39. The molecule has 1 heteroatoms. The summed E-state index contributed by atoms with van der Waals surface area (Å²) in [6, 6.07) is 0. The molecule has 2 atom stereocenters. The number of rotatable bonds is 0. The molecule has 0 saturated heterocycles. The van der Waals surface area contributed by atoms with Gasteiger partial charge in [-0.05, 0) is 44.9 Å². The van der Waals surface area contributed by atoms with E-state index in [1.165, 1.54) is 38.5 Å². The summed E-state index contributed by atoms with van der Waals surface area (Å²) in [7, 11) is 0. The van der Waals surface area contributed by atoms with Crippen LogP contribution in [0.5, 0.6) is 0 Å². The Hall–Kier alpha value is -0.590. The molecule has 3 aliphatic carbocycles. The highest BCUT2D eigenvalue weighted by atomic mass is 16.1. The van der Waals surface area contributed by atoms with Crippen molar-refractivity contribution in [2.75, 3.05) is 0 Å². The van der Waals surface area contributed by atoms with Crippen LogP contribution in [0.15, 0.2) is 11.1 Å². The van der Waals surface area contributed by atoms with E-state index in [1.54, 1.807) is 11.1 Å². The number of hydrogen-bond acceptors (Lipinski definition) is 1. The monoisotopic (exact) mass is 190 g/mol. The van der Waals surface area contributed by atoms with Crippen molar-refractivity contribution in [3.05, 3.63) is 11.1 Å². The Morgan fingerprint density at radius 1 is 1.00 bits per heavy atom. The summed E-state index contributed by atoms with van der Waals surface area (Å²) in [6.07, 6.45) is 9.98. The number of fused-ring (bicyclic) bond motifs is 3. The fourth-order valence-electron chi connectivity index (χ4n) is 3.63. The van der Waals surface area contributed by atoms with Gasteiger partial charge in [0.1, 0.15) is 5.78 Å². The molecular formula is C13H18O. The summed E-state index contributed by atoms with van der Waals surface area (Å²) in [5.74, 6) is 1.39. The normalized spacial score (nSPS) is 37.0. The van der Waals surface area contributed by atoms with E-state index in [2.05, 4.69) is 0 Å². The zero-order chi connectivity index (χ0) is 9.54. The van der Waals surface area contributed by atoms with E-state index in [1.807, 2.05) is 0 Å². The average Bonchev–Trinajstić information content (AvgIpc) is 2.18. The highest BCUT2D eigenvalue weighted by molar-refractivity contribution is 5.88. The molecule has 0 aromatic rings. The van der Waals surface area contributed by atoms with Gasteiger partial charge in [-0.15, -0.1) is 0 Å². The number of hydrogen-bond donors (Lipinski definition) is 0. The van der Waals surface area contributed by atoms with Gasteiger partial charge in [0.2, 0.25) is 0 Å². The van der Waals surface area contributed by atoms with Crippen LogP contribution < -0.4 is 0 Å². The molecule has 0 aliphatic heterocycles. The van der Waals surface area contributed by atoms with Crippen LogP contribution in [0.3, 0.4) is 0 Å². The smallest absolute Gasteiger partial charge is 0.143 e. The number of ketones is 1. The van der Waals surface area contributed by atoms with Crippen molar-refractivity contribution < 1.29 is 4.79 Å². The van der Waals surface area contributed by atoms with Crippen LogP contribution in [0.2, 0.25) is 0 Å². The molecule has 0 heterocycles. The third-order valence-electron chi connectivity index (χ3n) is 4.33. The van der Waals surface area contributed by atoms with Gasteiger partial charge >= 0.3 is 0 Å². The molecule has 0 radical (unpaired) electrons. The molecule has 1 saturated carbocycles. The quantitative estimate of drug-likeness (QED) is 0.536. The van der Waals surface area contributed by atoms with Crippen molar-refractivity contribution in [1.82, 2.24) is 0 Å². The van der Waals surface area contributed by atoms with Crippen molar-refractivity contribution in [2.24, 2.45) is 11.8 Å². The maximum absolute atomic E-state index is 12.0. The lowest BCUT2D eigenvalue weighted by Crippen LogP contribution is -2.35. The number of Topliss-reactive ketones (excluding diaryl/α,β-unsaturated/α-hetero) is 1. The average molecular weight is 190 g/mol. The zero-order valence-electron chi connectivity index (χ0n) is 8.72. The molecule has 1 fully saturated rings. The second-order valence-corrected chi connectivity index (χ2v) is 5.12. The van der Waals surface area contributed by atoms with Gasteiger partial charge in [-0.1, -0.05) is 17.6 Å². The van der Waals surface area contributed by atoms with Gasteiger partial charge < -0.3 is 0 Å². The Kier molecular flexibility index (Phi) is 2.00. The number of carbonyl (C=O) groups is 1. The molecule has 76 valence electrons. The van der Waals surface area contributed by atoms with Crippen LogP contribution >= 0.6 is 0 Å². The van der Waals surface area contributed by atoms with Crippen molar-refractivity contribution in [3.63, 3.8) is 0 Å². The summed E-state index contributed by atoms with van der Waals surface area (Å²) in [5, 5.41) is 0. The summed E-state index contributed by atoms with van der Waals surface area (Å²) in [5.41, 5.74) is 3.27. The molecule has 3 rings (SSSR count). The van der Waals surface area contributed by atoms with Gasteiger partial charge in [-0.2, -0.15) is 0 Å². The molecule has 2 unspecified atom stereocenters. The second kappa shape index (κ2) is 3.22. The molecule has 14 heavy (non-hydrogen) atoms. The fourth-order valence-corrected chi connectivity index (χ4v) is 3.63. The molecule has 3 aliphatic rings. The lowest BCUT2D eigenvalue weighted by molar-refractivity contribution is -0.128. The fraction of sp³-hybridized carbons (Fsp3) is 0.769. The zero-order valence-corrected chi connectivity index (χ0v) is 8.72. The summed E-state index contributed by atoms with van der Waals surface area (Å²) in [6.45, 7) is 0. The minimum Gasteiger partial charge on any atom is -0.299 e. The van der Waals surface area contributed by atoms with E-state index in [0.29, 0.717) is 17.6 Å². The van der Waals surface area contributed by atoms with Gasteiger partial charge in [0.05, 0.1) is 0 Å². The number of allylic oxidation sites excluding steroid dienone is 2. The van der Waals surface area contributed by atoms with Crippen LogP contribution in [0.1, 0.15) is 51.4 Å². The van der Waals surface area contributed by atoms with Gasteiger partial charge in [-0.3, -0.25) is 4.79 Å². The van der Waals surface area contributed by atoms with Gasteiger partial charge in [-0.25, -0.2) is 0 Å². The Bertz CT molecular complexity index is 300. The van der Waals surface area contributed by atoms with E-state index in [9.17, 15) is 4.79 Å². The van der Waals surface area contributed by atoms with E-state index in [4.69, 9.17) is 0 Å². The van der Waals surface area contributed by atoms with Crippen molar-refractivity contribution in [2.45, 2.75) is 51.4 Å². The predicted molar refractivity (Wildman–Crippen MR) is 55.9 cm³/mol. The van der Waals surface area contributed by atoms with E-state index in [-0.39, 0.29) is 0 Å². The molecule has 0 amide bonds. The Morgan fingerprint density at radius 2 is 1.86 bits per heavy atom. The highest BCUT2D eigenvalue weighted by Crippen LogP contribution is 2.45. The first-order valence-corrected chi connectivity index (χ1v) is 6.11. The molecule has 1 nitrogen and oxygen atoms in total. The van der Waals surface area contributed by atoms with Crippen molar-refractivity contribution >= 4 is 5.78 Å². The third-order valence-corrected chi connectivity index (χ3v) is 4.33. The largest absolute Gasteiger partial charge is 0.299 e. The van der Waals surface area contributed by atoms with Crippen LogP contribution in [-0.2, 0) is 4.79 Å². The third kappa shape index (κ3) is 1.18. The molecule has 0 N–H and O–H groups in total. The van der Waals surface area contributed by atoms with Crippen LogP contribution in [0, 0.1) is 11.8 Å². The minimum atomic E-state index is 0.373. The van der Waals surface area contributed by atoms with E-state index < -0.39 is 0 Å². The first kappa shape index (κ1) is 8.70. The van der Waals surface area contributed by atoms with Crippen molar-refractivity contribution in [3.8, 4) is 0 Å². The van der Waals surface area contributed by atoms with Crippen molar-refractivity contribution in [1.29, 1.82) is 0 Å². The molecular weight excluding hydrogens is 172 g/mol. The predicted octanol–water partition coefficient (Wildman–Crippen LogP) is 3.25. The molecule has 0 aromatic carbocycles. The summed E-state index contributed by atoms with van der Waals surface area (Å²) in [4.78, 5) is 12.0. The maximum Gasteiger partial charge on any atom is 0.143 e. The Balaban J connectivity index is 1.99. The van der Waals surface area contributed by atoms with Crippen LogP contribution in [-0.4, -0.2) is 5.78 Å². The Morgan fingerprint density at radius 3 is 2.79 bits per heavy atom. The standard InChI is InChI=1S/C13H18O/c14-13-10-5-3-7-12(13)11-6-2-1-4-9(11)8-10/h10,12H,1-8H2. The summed E-state index contributed by atoms with van der Waals surface area (Å²) < 4.78 is 0. The van der Waals surface area contributed by atoms with Gasteiger partial charge in [0.15, 0.2) is 0 Å². The maximum atomic E-state index is 12.0. The molecule has 0 aromatic heterocycles. The lowest BCUT2D eigenvalue weighted by atomic mass is 9.65. The van der Waals surface area contributed by atoms with Crippen LogP contribution in [0.4, 0.5) is 0 Å². The number of carbonyl (C=O) groups excluding carboxylic acids is 1. The topological polar surface area (TPSA) is 17.1 Å². The Labute approximate surface area is 85.6 Å². The van der Waals surface area contributed by atoms with E-state index in [0.717, 1.165) is 12.8 Å². The lowest BCUT2D eigenvalue weighted by Gasteiger charge is -2.38. The SMILES string of the molecule is O=C1C2CCCC1C1=C(CCCC1)C2. The van der Waals surface area contributed by atoms with E-state index >= 15 is 0 Å². The first-order valence-electron chi connectivity index (χ1n) is 6.11. The van der Waals surface area contributed by atoms with Gasteiger partial charge in [0.25, 0.3) is 0 Å². The molecule has 2 bridgehead atoms.